The topological polar surface area (TPSA) is 138 Å². The number of thioether (sulfide) groups is 1. The Hall–Kier alpha value is -2.73. The van der Waals surface area contributed by atoms with Crippen molar-refractivity contribution >= 4 is 56.6 Å². The van der Waals surface area contributed by atoms with Gasteiger partial charge in [0.05, 0.1) is 15.5 Å². The van der Waals surface area contributed by atoms with Gasteiger partial charge in [-0.15, -0.1) is 0 Å². The zero-order valence-electron chi connectivity index (χ0n) is 25.7. The van der Waals surface area contributed by atoms with Crippen molar-refractivity contribution in [2.24, 2.45) is 11.8 Å². The molecule has 2 bridgehead atoms. The summed E-state index contributed by atoms with van der Waals surface area (Å²) in [6, 6.07) is 23.5. The minimum Gasteiger partial charge on any atom is -0.550 e. The van der Waals surface area contributed by atoms with Crippen molar-refractivity contribution < 1.29 is 62.3 Å². The predicted octanol–water partition coefficient (Wildman–Crippen LogP) is 1.85. The molecule has 2 atom stereocenters. The first-order valence-electron chi connectivity index (χ1n) is 14.5. The minimum absolute atomic E-state index is 0. The van der Waals surface area contributed by atoms with Gasteiger partial charge in [-0.1, -0.05) is 71.9 Å². The zero-order chi connectivity index (χ0) is 32.6. The Labute approximate surface area is 300 Å². The fourth-order valence-corrected chi connectivity index (χ4v) is 7.50. The number of fused-ring (bicyclic) bond motifs is 2. The van der Waals surface area contributed by atoms with E-state index in [0.717, 1.165) is 47.3 Å². The normalized spacial score (nSPS) is 17.0. The first kappa shape index (κ1) is 37.7. The van der Waals surface area contributed by atoms with E-state index in [1.807, 2.05) is 60.7 Å². The number of carbonyl (C=O) groups is 4. The summed E-state index contributed by atoms with van der Waals surface area (Å²) >= 11 is 7.74. The molecule has 236 valence electrons. The van der Waals surface area contributed by atoms with Gasteiger partial charge >= 0.3 is 29.6 Å². The molecule has 1 fully saturated rings. The molecule has 12 heteroatoms. The van der Waals surface area contributed by atoms with Crippen molar-refractivity contribution in [1.29, 1.82) is 0 Å². The zero-order valence-corrected chi connectivity index (χ0v) is 30.1. The van der Waals surface area contributed by atoms with Crippen LogP contribution in [0.25, 0.3) is 0 Å². The summed E-state index contributed by atoms with van der Waals surface area (Å²) in [5.74, 6) is -1.91. The van der Waals surface area contributed by atoms with Gasteiger partial charge in [-0.3, -0.25) is 14.4 Å². The second-order valence-electron chi connectivity index (χ2n) is 10.9. The maximum absolute atomic E-state index is 13.4. The Kier molecular flexibility index (Phi) is 14.3. The van der Waals surface area contributed by atoms with E-state index in [9.17, 15) is 32.7 Å². The van der Waals surface area contributed by atoms with Crippen LogP contribution in [-0.4, -0.2) is 44.7 Å². The molecule has 1 amide bonds. The number of rotatable bonds is 11. The van der Waals surface area contributed by atoms with Gasteiger partial charge in [0.1, 0.15) is 0 Å². The Morgan fingerprint density at radius 1 is 0.935 bits per heavy atom. The fourth-order valence-electron chi connectivity index (χ4n) is 5.30. The molecule has 0 heterocycles. The van der Waals surface area contributed by atoms with Crippen LogP contribution in [0.1, 0.15) is 48.0 Å². The van der Waals surface area contributed by atoms with Gasteiger partial charge < -0.3 is 15.2 Å². The van der Waals surface area contributed by atoms with E-state index in [1.165, 1.54) is 30.0 Å². The maximum Gasteiger partial charge on any atom is 1.00 e. The van der Waals surface area contributed by atoms with Crippen LogP contribution in [0, 0.1) is 11.8 Å². The maximum atomic E-state index is 13.4. The van der Waals surface area contributed by atoms with Crippen LogP contribution in [0.15, 0.2) is 99.1 Å². The standard InChI is InChI=1S/C22H19ClO4S2.C12H15NO3.Na/c1-29(26,27)16-9-10-17(18(23)12-16)21(25)19-20(24)13-7-8-14(11-13)22(19)28-15-5-3-2-4-6-15;14-11(6-7-12(15)16)13-9-8-10-4-2-1-3-5-10;/h2-6,9-10,12-14H,7-8,11H2,1H3;1-5H,6-9H2,(H,13,14)(H,15,16);/q;;+1/p-1/t13-,14+;;/m0../s1. The Morgan fingerprint density at radius 2 is 1.57 bits per heavy atom. The predicted molar refractivity (Wildman–Crippen MR) is 171 cm³/mol. The van der Waals surface area contributed by atoms with Crippen molar-refractivity contribution in [1.82, 2.24) is 5.32 Å². The monoisotopic (exact) mass is 689 g/mol. The number of carbonyl (C=O) groups excluding carboxylic acids is 4. The molecule has 0 radical (unpaired) electrons. The molecule has 0 spiro atoms. The SMILES string of the molecule is CS(=O)(=O)c1ccc(C(=O)C2=C(Sc3ccccc3)[C@@H]3CC[C@@H](C3)C2=O)c(Cl)c1.O=C([O-])CCC(=O)NCCc1ccccc1.[Na+]. The molecule has 1 saturated carbocycles. The molecule has 2 aliphatic carbocycles. The number of aliphatic carboxylic acids is 1. The number of carboxylic acid groups (broad SMARTS) is 1. The molecule has 5 rings (SSSR count). The summed E-state index contributed by atoms with van der Waals surface area (Å²) in [6.45, 7) is 0.524. The number of nitrogens with one attached hydrogen (secondary N) is 1. The van der Waals surface area contributed by atoms with E-state index >= 15 is 0 Å². The number of carboxylic acids is 1. The fraction of sp³-hybridized carbons (Fsp3) is 0.294. The third-order valence-corrected chi connectivity index (χ3v) is 10.3. The summed E-state index contributed by atoms with van der Waals surface area (Å²) in [5, 5.41) is 12.8. The first-order valence-corrected chi connectivity index (χ1v) is 17.6. The molecule has 0 aromatic heterocycles. The molecule has 3 aromatic rings. The van der Waals surface area contributed by atoms with Gasteiger partial charge in [0.15, 0.2) is 21.4 Å². The minimum atomic E-state index is -3.44. The van der Waals surface area contributed by atoms with Gasteiger partial charge in [0.25, 0.3) is 0 Å². The van der Waals surface area contributed by atoms with Crippen LogP contribution in [0.3, 0.4) is 0 Å². The Morgan fingerprint density at radius 3 is 2.17 bits per heavy atom. The summed E-state index contributed by atoms with van der Waals surface area (Å²) < 4.78 is 23.5. The van der Waals surface area contributed by atoms with E-state index in [4.69, 9.17) is 11.6 Å². The Bertz CT molecular complexity index is 1710. The van der Waals surface area contributed by atoms with Crippen LogP contribution in [0.2, 0.25) is 5.02 Å². The van der Waals surface area contributed by atoms with Gasteiger partial charge in [-0.25, -0.2) is 8.42 Å². The number of Topliss-reactive ketones (excluding diaryl/α,β-unsaturated/α-hetero) is 2. The van der Waals surface area contributed by atoms with Gasteiger partial charge in [-0.05, 0) is 73.9 Å². The van der Waals surface area contributed by atoms with Crippen LogP contribution in [0.5, 0.6) is 0 Å². The van der Waals surface area contributed by atoms with Crippen LogP contribution in [0.4, 0.5) is 0 Å². The Balaban J connectivity index is 0.000000290. The van der Waals surface area contributed by atoms with Crippen molar-refractivity contribution in [2.75, 3.05) is 12.8 Å². The summed E-state index contributed by atoms with van der Waals surface area (Å²) in [5.41, 5.74) is 1.52. The van der Waals surface area contributed by atoms with E-state index in [2.05, 4.69) is 5.32 Å². The number of hydrogen-bond donors (Lipinski definition) is 1. The van der Waals surface area contributed by atoms with Crippen LogP contribution >= 0.6 is 23.4 Å². The van der Waals surface area contributed by atoms with Crippen molar-refractivity contribution in [3.05, 3.63) is 105 Å². The molecule has 2 aliphatic rings. The van der Waals surface area contributed by atoms with Gasteiger partial charge in [-0.2, -0.15) is 0 Å². The largest absolute Gasteiger partial charge is 1.00 e. The number of ketones is 2. The molecule has 0 unspecified atom stereocenters. The molecular weight excluding hydrogens is 657 g/mol. The summed E-state index contributed by atoms with van der Waals surface area (Å²) in [4.78, 5) is 49.6. The number of halogens is 1. The molecule has 46 heavy (non-hydrogen) atoms. The number of sulfone groups is 1. The molecule has 1 N–H and O–H groups in total. The first-order chi connectivity index (χ1) is 21.4. The van der Waals surface area contributed by atoms with E-state index in [0.29, 0.717) is 6.54 Å². The molecule has 8 nitrogen and oxygen atoms in total. The van der Waals surface area contributed by atoms with Gasteiger partial charge in [0, 0.05) is 46.5 Å². The number of hydrogen-bond acceptors (Lipinski definition) is 8. The molecule has 0 aliphatic heterocycles. The third kappa shape index (κ3) is 10.4. The van der Waals surface area contributed by atoms with Crippen molar-refractivity contribution in [3.63, 3.8) is 0 Å². The van der Waals surface area contributed by atoms with Crippen LogP contribution in [-0.2, 0) is 30.6 Å². The third-order valence-electron chi connectivity index (χ3n) is 7.61. The van der Waals surface area contributed by atoms with E-state index in [1.54, 1.807) is 0 Å². The van der Waals surface area contributed by atoms with Gasteiger partial charge in [0.2, 0.25) is 5.91 Å². The average Bonchev–Trinajstić information content (AvgIpc) is 3.46. The molecule has 3 aromatic carbocycles. The smallest absolute Gasteiger partial charge is 0.550 e. The number of amides is 1. The second kappa shape index (κ2) is 17.4. The molecular formula is C34H33ClNNaO7S2. The molecule has 0 saturated heterocycles. The van der Waals surface area contributed by atoms with Crippen molar-refractivity contribution in [2.45, 2.75) is 48.3 Å². The van der Waals surface area contributed by atoms with Crippen LogP contribution < -0.4 is 40.0 Å². The van der Waals surface area contributed by atoms with E-state index in [-0.39, 0.29) is 87.0 Å². The summed E-state index contributed by atoms with van der Waals surface area (Å²) in [7, 11) is -3.44. The summed E-state index contributed by atoms with van der Waals surface area (Å²) in [6.07, 6.45) is 4.06. The van der Waals surface area contributed by atoms with E-state index < -0.39 is 21.6 Å². The second-order valence-corrected chi connectivity index (χ2v) is 14.5. The average molecular weight is 690 g/mol. The number of allylic oxidation sites excluding steroid dienone is 2. The number of benzene rings is 3. The quantitative estimate of drug-likeness (QED) is 0.183. The van der Waals surface area contributed by atoms with Crippen molar-refractivity contribution in [3.8, 4) is 0 Å².